The Labute approximate surface area is 223 Å². The molecule has 37 heavy (non-hydrogen) atoms. The van der Waals surface area contributed by atoms with Crippen LogP contribution in [0.4, 0.5) is 5.69 Å². The zero-order chi connectivity index (χ0) is 26.1. The van der Waals surface area contributed by atoms with E-state index in [0.717, 1.165) is 22.2 Å². The van der Waals surface area contributed by atoms with Gasteiger partial charge in [0.05, 0.1) is 17.8 Å². The van der Waals surface area contributed by atoms with Crippen molar-refractivity contribution in [3.05, 3.63) is 95.6 Å². The average molecular weight is 512 g/mol. The molecule has 0 unspecified atom stereocenters. The fourth-order valence-electron chi connectivity index (χ4n) is 5.65. The molecule has 2 atom stereocenters. The Kier molecular flexibility index (Phi) is 6.98. The molecule has 6 nitrogen and oxygen atoms in total. The molecule has 0 radical (unpaired) electrons. The van der Waals surface area contributed by atoms with Gasteiger partial charge in [0.15, 0.2) is 5.11 Å². The minimum Gasteiger partial charge on any atom is -0.352 e. The van der Waals surface area contributed by atoms with Gasteiger partial charge in [-0.15, -0.1) is 0 Å². The Morgan fingerprint density at radius 1 is 1.08 bits per heavy atom. The van der Waals surface area contributed by atoms with E-state index >= 15 is 0 Å². The third-order valence-electron chi connectivity index (χ3n) is 7.20. The van der Waals surface area contributed by atoms with Gasteiger partial charge in [0.1, 0.15) is 0 Å². The molecule has 2 aromatic heterocycles. The predicted molar refractivity (Wildman–Crippen MR) is 154 cm³/mol. The highest BCUT2D eigenvalue weighted by Gasteiger charge is 2.41. The molecular weight excluding hydrogens is 478 g/mol. The Morgan fingerprint density at radius 3 is 2.57 bits per heavy atom. The number of aromatic nitrogens is 2. The molecule has 5 rings (SSSR count). The van der Waals surface area contributed by atoms with E-state index in [4.69, 9.17) is 12.2 Å². The molecule has 1 saturated heterocycles. The van der Waals surface area contributed by atoms with Crippen LogP contribution in [-0.2, 0) is 4.79 Å². The van der Waals surface area contributed by atoms with E-state index in [2.05, 4.69) is 71.0 Å². The van der Waals surface area contributed by atoms with Gasteiger partial charge in [-0.2, -0.15) is 0 Å². The minimum absolute atomic E-state index is 0.0353. The van der Waals surface area contributed by atoms with E-state index < -0.39 is 0 Å². The SMILES string of the molecule is Cc1cc([C@H]2[C@H](c3ccccn3)NC(=S)N2CCC(=O)Nc2cccc3ccccc23)c(C)n1C(C)C. The van der Waals surface area contributed by atoms with Crippen LogP contribution in [0, 0.1) is 13.8 Å². The molecule has 190 valence electrons. The van der Waals surface area contributed by atoms with Crippen LogP contribution in [0.5, 0.6) is 0 Å². The first kappa shape index (κ1) is 25.0. The lowest BCUT2D eigenvalue weighted by molar-refractivity contribution is -0.116. The van der Waals surface area contributed by atoms with Crippen molar-refractivity contribution in [1.82, 2.24) is 19.8 Å². The summed E-state index contributed by atoms with van der Waals surface area (Å²) in [6, 6.07) is 22.4. The Bertz CT molecular complexity index is 1440. The molecule has 2 aromatic carbocycles. The lowest BCUT2D eigenvalue weighted by Crippen LogP contribution is -2.33. The highest BCUT2D eigenvalue weighted by molar-refractivity contribution is 7.80. The van der Waals surface area contributed by atoms with Crippen LogP contribution in [-0.4, -0.2) is 32.0 Å². The lowest BCUT2D eigenvalue weighted by Gasteiger charge is -2.28. The zero-order valence-electron chi connectivity index (χ0n) is 21.7. The van der Waals surface area contributed by atoms with Gasteiger partial charge in [0.2, 0.25) is 5.91 Å². The smallest absolute Gasteiger partial charge is 0.226 e. The number of nitrogens with zero attached hydrogens (tertiary/aromatic N) is 3. The summed E-state index contributed by atoms with van der Waals surface area (Å²) >= 11 is 5.82. The number of benzene rings is 2. The first-order valence-electron chi connectivity index (χ1n) is 12.8. The molecule has 0 bridgehead atoms. The second-order valence-corrected chi connectivity index (χ2v) is 10.3. The first-order valence-corrected chi connectivity index (χ1v) is 13.2. The number of amides is 1. The van der Waals surface area contributed by atoms with Gasteiger partial charge in [0.25, 0.3) is 0 Å². The number of anilines is 1. The second-order valence-electron chi connectivity index (χ2n) is 9.94. The summed E-state index contributed by atoms with van der Waals surface area (Å²) in [6.07, 6.45) is 2.13. The van der Waals surface area contributed by atoms with Crippen molar-refractivity contribution >= 4 is 39.7 Å². The molecule has 1 aliphatic rings. The number of fused-ring (bicyclic) bond motifs is 1. The van der Waals surface area contributed by atoms with Crippen molar-refractivity contribution in [2.45, 2.75) is 52.2 Å². The highest BCUT2D eigenvalue weighted by Crippen LogP contribution is 2.41. The fraction of sp³-hybridized carbons (Fsp3) is 0.300. The van der Waals surface area contributed by atoms with E-state index in [9.17, 15) is 4.79 Å². The summed E-state index contributed by atoms with van der Waals surface area (Å²) < 4.78 is 2.36. The molecule has 2 N–H and O–H groups in total. The molecule has 3 heterocycles. The van der Waals surface area contributed by atoms with Crippen LogP contribution in [0.25, 0.3) is 10.8 Å². The largest absolute Gasteiger partial charge is 0.352 e. The molecule has 4 aromatic rings. The molecule has 7 heteroatoms. The zero-order valence-corrected chi connectivity index (χ0v) is 22.5. The maximum atomic E-state index is 13.1. The van der Waals surface area contributed by atoms with Crippen molar-refractivity contribution < 1.29 is 4.79 Å². The van der Waals surface area contributed by atoms with Crippen molar-refractivity contribution in [3.8, 4) is 0 Å². The van der Waals surface area contributed by atoms with Gasteiger partial charge in [-0.3, -0.25) is 9.78 Å². The summed E-state index contributed by atoms with van der Waals surface area (Å²) in [4.78, 5) is 19.9. The first-order chi connectivity index (χ1) is 17.8. The molecule has 0 spiro atoms. The van der Waals surface area contributed by atoms with Crippen molar-refractivity contribution in [2.75, 3.05) is 11.9 Å². The summed E-state index contributed by atoms with van der Waals surface area (Å²) in [5.74, 6) is -0.0353. The molecular formula is C30H33N5OS. The van der Waals surface area contributed by atoms with Gasteiger partial charge in [-0.1, -0.05) is 42.5 Å². The Morgan fingerprint density at radius 2 is 1.84 bits per heavy atom. The number of pyridine rings is 1. The van der Waals surface area contributed by atoms with E-state index in [0.29, 0.717) is 24.1 Å². The van der Waals surface area contributed by atoms with E-state index in [-0.39, 0.29) is 18.0 Å². The number of hydrogen-bond acceptors (Lipinski definition) is 3. The number of aryl methyl sites for hydroxylation is 1. The quantitative estimate of drug-likeness (QED) is 0.288. The summed E-state index contributed by atoms with van der Waals surface area (Å²) in [7, 11) is 0. The maximum absolute atomic E-state index is 13.1. The average Bonchev–Trinajstić information content (AvgIpc) is 3.37. The number of rotatable bonds is 7. The van der Waals surface area contributed by atoms with Gasteiger partial charge < -0.3 is 20.1 Å². The number of carbonyl (C=O) groups is 1. The topological polar surface area (TPSA) is 62.2 Å². The van der Waals surface area contributed by atoms with Crippen LogP contribution >= 0.6 is 12.2 Å². The highest BCUT2D eigenvalue weighted by atomic mass is 32.1. The molecule has 0 saturated carbocycles. The lowest BCUT2D eigenvalue weighted by atomic mass is 9.96. The van der Waals surface area contributed by atoms with Crippen LogP contribution in [0.3, 0.4) is 0 Å². The monoisotopic (exact) mass is 511 g/mol. The fourth-order valence-corrected chi connectivity index (χ4v) is 5.98. The summed E-state index contributed by atoms with van der Waals surface area (Å²) in [6.45, 7) is 9.22. The summed E-state index contributed by atoms with van der Waals surface area (Å²) in [5, 5.41) is 9.40. The van der Waals surface area contributed by atoms with Gasteiger partial charge in [-0.05, 0) is 75.1 Å². The maximum Gasteiger partial charge on any atom is 0.226 e. The molecule has 1 fully saturated rings. The predicted octanol–water partition coefficient (Wildman–Crippen LogP) is 6.24. The van der Waals surface area contributed by atoms with E-state index in [1.54, 1.807) is 0 Å². The third-order valence-corrected chi connectivity index (χ3v) is 7.55. The molecule has 1 amide bonds. The van der Waals surface area contributed by atoms with Crippen molar-refractivity contribution in [2.24, 2.45) is 0 Å². The van der Waals surface area contributed by atoms with Gasteiger partial charge in [0, 0.05) is 47.7 Å². The van der Waals surface area contributed by atoms with Crippen LogP contribution < -0.4 is 10.6 Å². The number of carbonyl (C=O) groups excluding carboxylic acids is 1. The van der Waals surface area contributed by atoms with Crippen LogP contribution in [0.2, 0.25) is 0 Å². The standard InChI is InChI=1S/C30H33N5OS/c1-19(2)35-20(3)18-24(21(35)4)29-28(26-13-7-8-16-31-26)33-30(37)34(29)17-15-27(36)32-25-14-9-11-22-10-5-6-12-23(22)25/h5-14,16,18-19,28-29H,15,17H2,1-4H3,(H,32,36)(H,33,37)/t28-,29-/m0/s1. The number of hydrogen-bond donors (Lipinski definition) is 2. The van der Waals surface area contributed by atoms with Crippen molar-refractivity contribution in [3.63, 3.8) is 0 Å². The van der Waals surface area contributed by atoms with Gasteiger partial charge >= 0.3 is 0 Å². The van der Waals surface area contributed by atoms with E-state index in [1.165, 1.54) is 17.0 Å². The van der Waals surface area contributed by atoms with Crippen molar-refractivity contribution in [1.29, 1.82) is 0 Å². The van der Waals surface area contributed by atoms with Gasteiger partial charge in [-0.25, -0.2) is 0 Å². The summed E-state index contributed by atoms with van der Waals surface area (Å²) in [5.41, 5.74) is 5.41. The molecule has 1 aliphatic heterocycles. The number of nitrogens with one attached hydrogen (secondary N) is 2. The Hall–Kier alpha value is -3.71. The minimum atomic E-state index is -0.101. The second kappa shape index (κ2) is 10.3. The molecule has 0 aliphatic carbocycles. The third kappa shape index (κ3) is 4.83. The van der Waals surface area contributed by atoms with E-state index in [1.807, 2.05) is 54.7 Å². The van der Waals surface area contributed by atoms with Crippen LogP contribution in [0.1, 0.15) is 61.0 Å². The van der Waals surface area contributed by atoms with Crippen LogP contribution in [0.15, 0.2) is 72.9 Å². The normalized spacial score (nSPS) is 17.4. The number of thiocarbonyl (C=S) groups is 1. The Balaban J connectivity index is 1.42.